The van der Waals surface area contributed by atoms with E-state index in [9.17, 15) is 0 Å². The van der Waals surface area contributed by atoms with E-state index in [2.05, 4.69) is 24.0 Å². The Kier molecular flexibility index (Phi) is 5.13. The average Bonchev–Trinajstić information content (AvgIpc) is 2.47. The lowest BCUT2D eigenvalue weighted by Crippen LogP contribution is -2.16. The Morgan fingerprint density at radius 3 is 2.70 bits per heavy atom. The van der Waals surface area contributed by atoms with Crippen molar-refractivity contribution in [3.8, 4) is 5.75 Å². The van der Waals surface area contributed by atoms with Crippen molar-refractivity contribution in [3.05, 3.63) is 59.4 Å². The highest BCUT2D eigenvalue weighted by molar-refractivity contribution is 5.37. The second-order valence-electron chi connectivity index (χ2n) is 4.91. The number of aryl methyl sites for hydroxylation is 1. The maximum atomic E-state index is 5.96. The van der Waals surface area contributed by atoms with Crippen molar-refractivity contribution in [2.45, 2.75) is 26.2 Å². The molecular weight excluding hydrogens is 248 g/mol. The van der Waals surface area contributed by atoms with E-state index in [1.54, 1.807) is 0 Å². The van der Waals surface area contributed by atoms with Crippen LogP contribution in [0.15, 0.2) is 42.6 Å². The first-order valence-corrected chi connectivity index (χ1v) is 7.08. The highest BCUT2D eigenvalue weighted by Gasteiger charge is 2.14. The monoisotopic (exact) mass is 270 g/mol. The van der Waals surface area contributed by atoms with Crippen LogP contribution >= 0.6 is 0 Å². The molecule has 2 rings (SSSR count). The molecule has 1 heterocycles. The van der Waals surface area contributed by atoms with Crippen LogP contribution in [0.25, 0.3) is 0 Å². The van der Waals surface area contributed by atoms with Crippen LogP contribution < -0.4 is 10.5 Å². The number of nitrogens with two attached hydrogens (primary N) is 1. The van der Waals surface area contributed by atoms with Gasteiger partial charge in [-0.3, -0.25) is 4.98 Å². The molecule has 2 aromatic rings. The Bertz CT molecular complexity index is 540. The minimum absolute atomic E-state index is 0.292. The first kappa shape index (κ1) is 14.5. The summed E-state index contributed by atoms with van der Waals surface area (Å²) in [4.78, 5) is 4.39. The van der Waals surface area contributed by atoms with Gasteiger partial charge in [0.05, 0.1) is 6.61 Å². The topological polar surface area (TPSA) is 48.1 Å². The third-order valence-corrected chi connectivity index (χ3v) is 3.46. The molecule has 0 aliphatic carbocycles. The fraction of sp³-hybridized carbons (Fsp3) is 0.353. The fourth-order valence-electron chi connectivity index (χ4n) is 2.45. The summed E-state index contributed by atoms with van der Waals surface area (Å²) in [5, 5.41) is 0. The van der Waals surface area contributed by atoms with Gasteiger partial charge in [-0.2, -0.15) is 0 Å². The van der Waals surface area contributed by atoms with Crippen LogP contribution in [-0.2, 0) is 6.42 Å². The van der Waals surface area contributed by atoms with Gasteiger partial charge in [-0.15, -0.1) is 0 Å². The van der Waals surface area contributed by atoms with E-state index in [4.69, 9.17) is 10.5 Å². The lowest BCUT2D eigenvalue weighted by Gasteiger charge is -2.18. The smallest absolute Gasteiger partial charge is 0.119 e. The van der Waals surface area contributed by atoms with E-state index >= 15 is 0 Å². The quantitative estimate of drug-likeness (QED) is 0.877. The SMILES string of the molecule is CCOc1ccc(C(CN)Cc2ccccn2)c(C)c1. The van der Waals surface area contributed by atoms with Crippen molar-refractivity contribution in [3.63, 3.8) is 0 Å². The van der Waals surface area contributed by atoms with Crippen LogP contribution in [-0.4, -0.2) is 18.1 Å². The van der Waals surface area contributed by atoms with Crippen LogP contribution in [0.2, 0.25) is 0 Å². The predicted octanol–water partition coefficient (Wildman–Crippen LogP) is 3.07. The van der Waals surface area contributed by atoms with Gasteiger partial charge in [0.15, 0.2) is 0 Å². The molecule has 0 saturated heterocycles. The number of hydrogen-bond acceptors (Lipinski definition) is 3. The molecule has 106 valence electrons. The van der Waals surface area contributed by atoms with Crippen molar-refractivity contribution in [1.29, 1.82) is 0 Å². The van der Waals surface area contributed by atoms with Crippen molar-refractivity contribution in [2.75, 3.05) is 13.2 Å². The van der Waals surface area contributed by atoms with Gasteiger partial charge in [0.1, 0.15) is 5.75 Å². The molecule has 0 bridgehead atoms. The highest BCUT2D eigenvalue weighted by atomic mass is 16.5. The molecule has 0 aliphatic heterocycles. The Labute approximate surface area is 120 Å². The zero-order valence-electron chi connectivity index (χ0n) is 12.2. The Hall–Kier alpha value is -1.87. The molecule has 1 aromatic carbocycles. The molecule has 0 fully saturated rings. The first-order valence-electron chi connectivity index (χ1n) is 7.08. The van der Waals surface area contributed by atoms with E-state index in [1.807, 2.05) is 37.4 Å². The van der Waals surface area contributed by atoms with E-state index in [-0.39, 0.29) is 0 Å². The molecule has 3 heteroatoms. The molecule has 0 amide bonds. The van der Waals surface area contributed by atoms with Crippen molar-refractivity contribution in [1.82, 2.24) is 4.98 Å². The molecule has 2 N–H and O–H groups in total. The van der Waals surface area contributed by atoms with Gasteiger partial charge in [-0.1, -0.05) is 12.1 Å². The van der Waals surface area contributed by atoms with Crippen LogP contribution in [0, 0.1) is 6.92 Å². The minimum Gasteiger partial charge on any atom is -0.494 e. The van der Waals surface area contributed by atoms with E-state index in [0.29, 0.717) is 19.1 Å². The van der Waals surface area contributed by atoms with Crippen molar-refractivity contribution < 1.29 is 4.74 Å². The maximum absolute atomic E-state index is 5.96. The summed E-state index contributed by atoms with van der Waals surface area (Å²) in [6.07, 6.45) is 2.69. The Morgan fingerprint density at radius 1 is 1.25 bits per heavy atom. The summed E-state index contributed by atoms with van der Waals surface area (Å²) in [5.41, 5.74) is 9.54. The molecule has 20 heavy (non-hydrogen) atoms. The van der Waals surface area contributed by atoms with Crippen LogP contribution in [0.4, 0.5) is 0 Å². The zero-order chi connectivity index (χ0) is 14.4. The number of ether oxygens (including phenoxy) is 1. The molecule has 0 saturated carbocycles. The lowest BCUT2D eigenvalue weighted by atomic mass is 9.90. The second kappa shape index (κ2) is 7.06. The van der Waals surface area contributed by atoms with Gasteiger partial charge in [-0.25, -0.2) is 0 Å². The Morgan fingerprint density at radius 2 is 2.10 bits per heavy atom. The van der Waals surface area contributed by atoms with Gasteiger partial charge in [-0.05, 0) is 62.2 Å². The molecular formula is C17H22N2O. The van der Waals surface area contributed by atoms with E-state index in [1.165, 1.54) is 11.1 Å². The van der Waals surface area contributed by atoms with E-state index < -0.39 is 0 Å². The molecule has 1 unspecified atom stereocenters. The number of nitrogens with zero attached hydrogens (tertiary/aromatic N) is 1. The third kappa shape index (κ3) is 3.58. The number of benzene rings is 1. The molecule has 3 nitrogen and oxygen atoms in total. The van der Waals surface area contributed by atoms with Crippen molar-refractivity contribution in [2.24, 2.45) is 5.73 Å². The number of aromatic nitrogens is 1. The minimum atomic E-state index is 0.292. The number of hydrogen-bond donors (Lipinski definition) is 1. The normalized spacial score (nSPS) is 12.2. The highest BCUT2D eigenvalue weighted by Crippen LogP contribution is 2.26. The summed E-state index contributed by atoms with van der Waals surface area (Å²) in [5.74, 6) is 1.21. The lowest BCUT2D eigenvalue weighted by molar-refractivity contribution is 0.340. The van der Waals surface area contributed by atoms with Crippen molar-refractivity contribution >= 4 is 0 Å². The first-order chi connectivity index (χ1) is 9.74. The number of rotatable bonds is 6. The van der Waals surface area contributed by atoms with Gasteiger partial charge in [0.25, 0.3) is 0 Å². The molecule has 1 atom stereocenters. The Balaban J connectivity index is 2.19. The van der Waals surface area contributed by atoms with Crippen LogP contribution in [0.3, 0.4) is 0 Å². The largest absolute Gasteiger partial charge is 0.494 e. The second-order valence-corrected chi connectivity index (χ2v) is 4.91. The molecule has 0 aliphatic rings. The van der Waals surface area contributed by atoms with Gasteiger partial charge >= 0.3 is 0 Å². The van der Waals surface area contributed by atoms with Gasteiger partial charge < -0.3 is 10.5 Å². The standard InChI is InChI=1S/C17H22N2O/c1-3-20-16-7-8-17(13(2)10-16)14(12-18)11-15-6-4-5-9-19-15/h4-10,14H,3,11-12,18H2,1-2H3. The van der Waals surface area contributed by atoms with Gasteiger partial charge in [0, 0.05) is 17.8 Å². The predicted molar refractivity (Wildman–Crippen MR) is 82.1 cm³/mol. The fourth-order valence-corrected chi connectivity index (χ4v) is 2.45. The average molecular weight is 270 g/mol. The summed E-state index contributed by atoms with van der Waals surface area (Å²) < 4.78 is 5.53. The van der Waals surface area contributed by atoms with Crippen LogP contribution in [0.1, 0.15) is 29.7 Å². The summed E-state index contributed by atoms with van der Waals surface area (Å²) in [6.45, 7) is 5.41. The summed E-state index contributed by atoms with van der Waals surface area (Å²) in [7, 11) is 0. The molecule has 0 radical (unpaired) electrons. The third-order valence-electron chi connectivity index (χ3n) is 3.46. The van der Waals surface area contributed by atoms with Gasteiger partial charge in [0.2, 0.25) is 0 Å². The summed E-state index contributed by atoms with van der Waals surface area (Å²) in [6, 6.07) is 12.2. The zero-order valence-corrected chi connectivity index (χ0v) is 12.2. The maximum Gasteiger partial charge on any atom is 0.119 e. The summed E-state index contributed by atoms with van der Waals surface area (Å²) >= 11 is 0. The van der Waals surface area contributed by atoms with E-state index in [0.717, 1.165) is 17.9 Å². The molecule has 0 spiro atoms. The van der Waals surface area contributed by atoms with Crippen LogP contribution in [0.5, 0.6) is 5.75 Å². The molecule has 1 aromatic heterocycles. The number of pyridine rings is 1.